The molecule has 0 bridgehead atoms. The van der Waals surface area contributed by atoms with Crippen molar-refractivity contribution in [1.82, 2.24) is 5.32 Å². The van der Waals surface area contributed by atoms with Crippen LogP contribution in [0.3, 0.4) is 0 Å². The number of rotatable bonds is 6. The number of methoxy groups -OCH3 is 1. The molecule has 1 amide bonds. The Morgan fingerprint density at radius 1 is 1.39 bits per heavy atom. The van der Waals surface area contributed by atoms with E-state index in [9.17, 15) is 4.79 Å². The van der Waals surface area contributed by atoms with Crippen molar-refractivity contribution in [2.24, 2.45) is 5.73 Å². The zero-order chi connectivity index (χ0) is 13.6. The smallest absolute Gasteiger partial charge is 0.223 e. The maximum atomic E-state index is 11.7. The average molecular weight is 250 g/mol. The van der Waals surface area contributed by atoms with Crippen LogP contribution >= 0.6 is 0 Å². The second-order valence-corrected chi connectivity index (χ2v) is 4.94. The van der Waals surface area contributed by atoms with Gasteiger partial charge in [0, 0.05) is 20.2 Å². The fourth-order valence-electron chi connectivity index (χ4n) is 1.59. The van der Waals surface area contributed by atoms with E-state index in [0.717, 1.165) is 11.1 Å². The SMILES string of the molecule is COC(C)(C)CC(=O)NCc1cccc(CN)c1. The zero-order valence-electron chi connectivity index (χ0n) is 11.3. The van der Waals surface area contributed by atoms with Gasteiger partial charge in [-0.05, 0) is 25.0 Å². The quantitative estimate of drug-likeness (QED) is 0.805. The van der Waals surface area contributed by atoms with Crippen molar-refractivity contribution >= 4 is 5.91 Å². The summed E-state index contributed by atoms with van der Waals surface area (Å²) < 4.78 is 5.22. The van der Waals surface area contributed by atoms with E-state index in [4.69, 9.17) is 10.5 Å². The molecule has 0 aliphatic rings. The highest BCUT2D eigenvalue weighted by Gasteiger charge is 2.20. The number of carbonyl (C=O) groups is 1. The molecule has 3 N–H and O–H groups in total. The van der Waals surface area contributed by atoms with Gasteiger partial charge in [0.1, 0.15) is 0 Å². The summed E-state index contributed by atoms with van der Waals surface area (Å²) in [5.74, 6) is -0.0139. The topological polar surface area (TPSA) is 64.3 Å². The van der Waals surface area contributed by atoms with Gasteiger partial charge in [0.25, 0.3) is 0 Å². The van der Waals surface area contributed by atoms with Gasteiger partial charge in [-0.15, -0.1) is 0 Å². The van der Waals surface area contributed by atoms with E-state index in [2.05, 4.69) is 5.32 Å². The predicted molar refractivity (Wildman–Crippen MR) is 71.9 cm³/mol. The van der Waals surface area contributed by atoms with E-state index in [1.165, 1.54) is 0 Å². The molecule has 0 heterocycles. The molecule has 0 saturated carbocycles. The first kappa shape index (κ1) is 14.7. The molecular formula is C14H22N2O2. The van der Waals surface area contributed by atoms with Crippen LogP contribution in [0.1, 0.15) is 31.4 Å². The Bertz CT molecular complexity index is 403. The van der Waals surface area contributed by atoms with Crippen LogP contribution in [0.15, 0.2) is 24.3 Å². The van der Waals surface area contributed by atoms with Crippen LogP contribution in [-0.4, -0.2) is 18.6 Å². The molecule has 0 aliphatic heterocycles. The van der Waals surface area contributed by atoms with Crippen molar-refractivity contribution in [1.29, 1.82) is 0 Å². The molecule has 0 aliphatic carbocycles. The molecule has 1 aromatic rings. The van der Waals surface area contributed by atoms with E-state index < -0.39 is 5.60 Å². The third kappa shape index (κ3) is 4.85. The number of nitrogens with two attached hydrogens (primary N) is 1. The van der Waals surface area contributed by atoms with Gasteiger partial charge in [-0.2, -0.15) is 0 Å². The monoisotopic (exact) mass is 250 g/mol. The molecule has 0 atom stereocenters. The molecule has 4 nitrogen and oxygen atoms in total. The lowest BCUT2D eigenvalue weighted by Crippen LogP contribution is -2.33. The standard InChI is InChI=1S/C14H22N2O2/c1-14(2,18-3)8-13(17)16-10-12-6-4-5-11(7-12)9-15/h4-7H,8-10,15H2,1-3H3,(H,16,17). The summed E-state index contributed by atoms with van der Waals surface area (Å²) in [5, 5.41) is 2.88. The maximum Gasteiger partial charge on any atom is 0.223 e. The first-order valence-electron chi connectivity index (χ1n) is 6.06. The van der Waals surface area contributed by atoms with Crippen LogP contribution < -0.4 is 11.1 Å². The molecule has 0 spiro atoms. The average Bonchev–Trinajstić information content (AvgIpc) is 2.36. The Labute approximate surface area is 109 Å². The lowest BCUT2D eigenvalue weighted by atomic mass is 10.0. The number of benzene rings is 1. The summed E-state index contributed by atoms with van der Waals surface area (Å²) >= 11 is 0. The molecule has 18 heavy (non-hydrogen) atoms. The largest absolute Gasteiger partial charge is 0.378 e. The maximum absolute atomic E-state index is 11.7. The van der Waals surface area contributed by atoms with Gasteiger partial charge in [-0.25, -0.2) is 0 Å². The number of carbonyl (C=O) groups excluding carboxylic acids is 1. The van der Waals surface area contributed by atoms with Crippen LogP contribution in [-0.2, 0) is 22.6 Å². The molecule has 4 heteroatoms. The normalized spacial score (nSPS) is 11.3. The molecule has 0 saturated heterocycles. The number of ether oxygens (including phenoxy) is 1. The Morgan fingerprint density at radius 2 is 2.06 bits per heavy atom. The van der Waals surface area contributed by atoms with E-state index >= 15 is 0 Å². The third-order valence-corrected chi connectivity index (χ3v) is 2.86. The van der Waals surface area contributed by atoms with Crippen LogP contribution in [0.5, 0.6) is 0 Å². The number of nitrogens with one attached hydrogen (secondary N) is 1. The lowest BCUT2D eigenvalue weighted by Gasteiger charge is -2.21. The van der Waals surface area contributed by atoms with Crippen molar-refractivity contribution in [3.8, 4) is 0 Å². The molecule has 0 unspecified atom stereocenters. The van der Waals surface area contributed by atoms with Crippen molar-refractivity contribution in [2.45, 2.75) is 39.0 Å². The minimum atomic E-state index is -0.427. The number of hydrogen-bond donors (Lipinski definition) is 2. The summed E-state index contributed by atoms with van der Waals surface area (Å²) in [6.45, 7) is 4.81. The Morgan fingerprint density at radius 3 is 2.67 bits per heavy atom. The third-order valence-electron chi connectivity index (χ3n) is 2.86. The van der Waals surface area contributed by atoms with Crippen molar-refractivity contribution in [2.75, 3.05) is 7.11 Å². The van der Waals surface area contributed by atoms with Gasteiger partial charge in [-0.3, -0.25) is 4.79 Å². The first-order chi connectivity index (χ1) is 8.46. The number of amides is 1. The van der Waals surface area contributed by atoms with Crippen LogP contribution in [0.25, 0.3) is 0 Å². The molecular weight excluding hydrogens is 228 g/mol. The molecule has 100 valence electrons. The van der Waals surface area contributed by atoms with Crippen LogP contribution in [0.4, 0.5) is 0 Å². The minimum absolute atomic E-state index is 0.0139. The summed E-state index contributed by atoms with van der Waals surface area (Å²) in [6.07, 6.45) is 0.347. The molecule has 0 aromatic heterocycles. The molecule has 1 rings (SSSR count). The van der Waals surface area contributed by atoms with Crippen molar-refractivity contribution < 1.29 is 9.53 Å². The minimum Gasteiger partial charge on any atom is -0.378 e. The van der Waals surface area contributed by atoms with E-state index in [1.807, 2.05) is 38.1 Å². The van der Waals surface area contributed by atoms with Gasteiger partial charge in [0.15, 0.2) is 0 Å². The van der Waals surface area contributed by atoms with Gasteiger partial charge in [0.2, 0.25) is 5.91 Å². The van der Waals surface area contributed by atoms with Crippen LogP contribution in [0, 0.1) is 0 Å². The van der Waals surface area contributed by atoms with Crippen molar-refractivity contribution in [3.05, 3.63) is 35.4 Å². The predicted octanol–water partition coefficient (Wildman–Crippen LogP) is 1.58. The highest BCUT2D eigenvalue weighted by atomic mass is 16.5. The molecule has 0 fully saturated rings. The van der Waals surface area contributed by atoms with Gasteiger partial charge < -0.3 is 15.8 Å². The summed E-state index contributed by atoms with van der Waals surface area (Å²) in [7, 11) is 1.61. The first-order valence-corrected chi connectivity index (χ1v) is 6.06. The molecule has 0 radical (unpaired) electrons. The summed E-state index contributed by atoms with van der Waals surface area (Å²) in [4.78, 5) is 11.7. The second kappa shape index (κ2) is 6.52. The van der Waals surface area contributed by atoms with Crippen molar-refractivity contribution in [3.63, 3.8) is 0 Å². The Balaban J connectivity index is 2.47. The Hall–Kier alpha value is -1.39. The van der Waals surface area contributed by atoms with Gasteiger partial charge in [0.05, 0.1) is 12.0 Å². The second-order valence-electron chi connectivity index (χ2n) is 4.94. The highest BCUT2D eigenvalue weighted by molar-refractivity contribution is 5.76. The van der Waals surface area contributed by atoms with E-state index in [-0.39, 0.29) is 5.91 Å². The molecule has 1 aromatic carbocycles. The Kier molecular flexibility index (Phi) is 5.31. The van der Waals surface area contributed by atoms with E-state index in [1.54, 1.807) is 7.11 Å². The van der Waals surface area contributed by atoms with E-state index in [0.29, 0.717) is 19.5 Å². The fraction of sp³-hybridized carbons (Fsp3) is 0.500. The van der Waals surface area contributed by atoms with Crippen LogP contribution in [0.2, 0.25) is 0 Å². The van der Waals surface area contributed by atoms with Gasteiger partial charge in [-0.1, -0.05) is 24.3 Å². The van der Waals surface area contributed by atoms with Gasteiger partial charge >= 0.3 is 0 Å². The number of hydrogen-bond acceptors (Lipinski definition) is 3. The summed E-state index contributed by atoms with van der Waals surface area (Å²) in [5.41, 5.74) is 7.27. The lowest BCUT2D eigenvalue weighted by molar-refractivity contribution is -0.126. The highest BCUT2D eigenvalue weighted by Crippen LogP contribution is 2.12. The zero-order valence-corrected chi connectivity index (χ0v) is 11.3. The summed E-state index contributed by atoms with van der Waals surface area (Å²) in [6, 6.07) is 7.89. The fourth-order valence-corrected chi connectivity index (χ4v) is 1.59.